The Balaban J connectivity index is 1.12. The zero-order valence-corrected chi connectivity index (χ0v) is 26.6. The van der Waals surface area contributed by atoms with Gasteiger partial charge in [-0.25, -0.2) is 29.9 Å². The van der Waals surface area contributed by atoms with Crippen LogP contribution in [0.2, 0.25) is 0 Å². The number of rotatable bonds is 2. The number of imidazole rings is 2. The van der Waals surface area contributed by atoms with E-state index in [2.05, 4.69) is 29.9 Å². The predicted octanol–water partition coefficient (Wildman–Crippen LogP) is 1.49. The molecule has 4 fully saturated rings. The van der Waals surface area contributed by atoms with E-state index in [0.717, 1.165) is 0 Å². The molecule has 0 aliphatic carbocycles. The molecule has 4 aromatic rings. The molecule has 2 N–H and O–H groups in total. The van der Waals surface area contributed by atoms with Crippen molar-refractivity contribution in [3.8, 4) is 0 Å². The zero-order chi connectivity index (χ0) is 30.4. The Hall–Kier alpha value is -1.96. The number of fused-ring (bicyclic) bond motifs is 4. The van der Waals surface area contributed by atoms with Crippen LogP contribution >= 0.6 is 13.4 Å². The van der Waals surface area contributed by atoms with Crippen molar-refractivity contribution in [3.05, 3.63) is 36.7 Å². The van der Waals surface area contributed by atoms with Crippen molar-refractivity contribution >= 4 is 59.4 Å². The first-order chi connectivity index (χ1) is 21.0. The van der Waals surface area contributed by atoms with Crippen molar-refractivity contribution in [1.29, 1.82) is 0 Å². The highest BCUT2D eigenvalue weighted by Crippen LogP contribution is 2.58. The van der Waals surface area contributed by atoms with E-state index in [4.69, 9.17) is 55.9 Å². The highest BCUT2D eigenvalue weighted by Gasteiger charge is 2.65. The molecule has 17 nitrogen and oxygen atoms in total. The SMILES string of the molecule is Cc1ncnc2c1ncn2[C@@H]1O[C@@]23CO[C@@H]1[C@@H]2OP(O)(=S)OC[C@@H]1C[C@@H](OP(O)(=S)OC3)[C@H](n2cnc3c(C)ncnc32)O1. The maximum absolute atomic E-state index is 11.3. The lowest BCUT2D eigenvalue weighted by Crippen LogP contribution is -2.45. The minimum atomic E-state index is -3.92. The summed E-state index contributed by atoms with van der Waals surface area (Å²) in [7, 11) is 0. The van der Waals surface area contributed by atoms with Crippen LogP contribution in [-0.2, 0) is 55.9 Å². The first-order valence-electron chi connectivity index (χ1n) is 13.6. The summed E-state index contributed by atoms with van der Waals surface area (Å²) in [6, 6.07) is 0. The maximum atomic E-state index is 11.3. The summed E-state index contributed by atoms with van der Waals surface area (Å²) < 4.78 is 46.1. The Kier molecular flexibility index (Phi) is 7.05. The average Bonchev–Trinajstić information content (AvgIpc) is 3.79. The molecule has 0 saturated carbocycles. The Morgan fingerprint density at radius 3 is 2.16 bits per heavy atom. The molecule has 2 unspecified atom stereocenters. The summed E-state index contributed by atoms with van der Waals surface area (Å²) in [6.45, 7) is -4.58. The number of hydrogen-bond acceptors (Lipinski definition) is 15. The van der Waals surface area contributed by atoms with Gasteiger partial charge in [-0.05, 0) is 37.5 Å². The summed E-state index contributed by atoms with van der Waals surface area (Å²) in [5.74, 6) is 0. The van der Waals surface area contributed by atoms with Gasteiger partial charge in [0.15, 0.2) is 23.8 Å². The van der Waals surface area contributed by atoms with Crippen LogP contribution in [0.1, 0.15) is 30.3 Å². The third-order valence-electron chi connectivity index (χ3n) is 8.16. The highest BCUT2D eigenvalue weighted by atomic mass is 32.5. The van der Waals surface area contributed by atoms with E-state index >= 15 is 0 Å². The van der Waals surface area contributed by atoms with Crippen molar-refractivity contribution < 1.29 is 42.1 Å². The number of aromatic nitrogens is 8. The largest absolute Gasteiger partial charge is 0.367 e. The first kappa shape index (κ1) is 29.4. The molecule has 21 heteroatoms. The summed E-state index contributed by atoms with van der Waals surface area (Å²) in [5, 5.41) is 0. The summed E-state index contributed by atoms with van der Waals surface area (Å²) in [6.07, 6.45) is 1.50. The molecule has 0 radical (unpaired) electrons. The number of nitrogens with zero attached hydrogens (tertiary/aromatic N) is 8. The second-order valence-corrected chi connectivity index (χ2v) is 16.6. The number of hydrogen-bond donors (Lipinski definition) is 2. The third-order valence-corrected chi connectivity index (χ3v) is 11.3. The molecule has 9 atom stereocenters. The van der Waals surface area contributed by atoms with Crippen LogP contribution in [0.15, 0.2) is 25.3 Å². The van der Waals surface area contributed by atoms with Gasteiger partial charge in [0.2, 0.25) is 0 Å². The van der Waals surface area contributed by atoms with Crippen LogP contribution in [0.25, 0.3) is 22.3 Å². The van der Waals surface area contributed by atoms with Crippen LogP contribution in [0.3, 0.4) is 0 Å². The van der Waals surface area contributed by atoms with Gasteiger partial charge in [-0.2, -0.15) is 0 Å². The number of ether oxygens (including phenoxy) is 3. The quantitative estimate of drug-likeness (QED) is 0.288. The molecule has 4 bridgehead atoms. The molecule has 0 amide bonds. The standard InChI is InChI=1S/C23H26N8O9P2S2/c1-11-15-19(26-7-24-11)30(9-28-15)21-14-3-13(37-21)4-35-41(32,43)40-18-17-22(31-10-29-16-12(2)25-8-27-20(16)31)38-23(18,5-34-17)6-36-42(33,44)39-14/h7-10,13-14,17-18,21-22H,3-6H2,1-2H3,(H,32,43)(H,33,44)/t13-,14+,17+,18-,21+,22+,23+,41?,42?/m0/s1. The van der Waals surface area contributed by atoms with Gasteiger partial charge in [-0.15, -0.1) is 0 Å². The van der Waals surface area contributed by atoms with Crippen molar-refractivity contribution in [1.82, 2.24) is 39.0 Å². The van der Waals surface area contributed by atoms with Crippen LogP contribution < -0.4 is 0 Å². The lowest BCUT2D eigenvalue weighted by Gasteiger charge is -2.33. The van der Waals surface area contributed by atoms with Gasteiger partial charge in [-0.1, -0.05) is 0 Å². The van der Waals surface area contributed by atoms with Gasteiger partial charge in [0.25, 0.3) is 0 Å². The van der Waals surface area contributed by atoms with E-state index in [1.54, 1.807) is 21.8 Å². The molecule has 4 aliphatic rings. The van der Waals surface area contributed by atoms with Crippen LogP contribution in [0.5, 0.6) is 0 Å². The fourth-order valence-corrected chi connectivity index (χ4v) is 9.03. The summed E-state index contributed by atoms with van der Waals surface area (Å²) in [5.41, 5.74) is 2.25. The van der Waals surface area contributed by atoms with E-state index in [1.807, 2.05) is 13.8 Å². The fraction of sp³-hybridized carbons (Fsp3) is 0.565. The summed E-state index contributed by atoms with van der Waals surface area (Å²) >= 11 is 10.9. The van der Waals surface area contributed by atoms with E-state index in [-0.39, 0.29) is 26.2 Å². The molecule has 8 rings (SSSR count). The van der Waals surface area contributed by atoms with Crippen LogP contribution in [0, 0.1) is 13.8 Å². The fourth-order valence-electron chi connectivity index (χ4n) is 6.09. The van der Waals surface area contributed by atoms with E-state index in [1.165, 1.54) is 12.7 Å². The molecule has 8 heterocycles. The third kappa shape index (κ3) is 4.86. The monoisotopic (exact) mass is 684 g/mol. The molecule has 4 aromatic heterocycles. The lowest BCUT2D eigenvalue weighted by molar-refractivity contribution is -0.183. The van der Waals surface area contributed by atoms with Gasteiger partial charge in [0.1, 0.15) is 47.6 Å². The van der Waals surface area contributed by atoms with E-state index in [9.17, 15) is 9.79 Å². The Morgan fingerprint density at radius 1 is 0.841 bits per heavy atom. The molecule has 0 spiro atoms. The minimum Gasteiger partial charge on any atom is -0.367 e. The van der Waals surface area contributed by atoms with Gasteiger partial charge in [0.05, 0.1) is 50.0 Å². The Labute approximate surface area is 259 Å². The Morgan fingerprint density at radius 2 is 1.48 bits per heavy atom. The van der Waals surface area contributed by atoms with Crippen molar-refractivity contribution in [2.75, 3.05) is 19.8 Å². The first-order valence-corrected chi connectivity index (χ1v) is 18.8. The molecular weight excluding hydrogens is 658 g/mol. The topological polar surface area (TPSA) is 192 Å². The molecule has 4 aliphatic heterocycles. The van der Waals surface area contributed by atoms with Gasteiger partial charge in [-0.3, -0.25) is 13.7 Å². The smallest absolute Gasteiger partial charge is 0.325 e. The maximum Gasteiger partial charge on any atom is 0.325 e. The summed E-state index contributed by atoms with van der Waals surface area (Å²) in [4.78, 5) is 48.5. The zero-order valence-electron chi connectivity index (χ0n) is 23.1. The molecular formula is C23H26N8O9P2S2. The van der Waals surface area contributed by atoms with Crippen molar-refractivity contribution in [2.45, 2.75) is 62.7 Å². The average molecular weight is 685 g/mol. The van der Waals surface area contributed by atoms with Gasteiger partial charge < -0.3 is 37.6 Å². The lowest BCUT2D eigenvalue weighted by atomic mass is 10.0. The second-order valence-electron chi connectivity index (χ2n) is 11.0. The van der Waals surface area contributed by atoms with Crippen molar-refractivity contribution in [2.24, 2.45) is 0 Å². The van der Waals surface area contributed by atoms with Crippen LogP contribution in [0.4, 0.5) is 0 Å². The molecule has 4 saturated heterocycles. The highest BCUT2D eigenvalue weighted by molar-refractivity contribution is 8.07. The predicted molar refractivity (Wildman–Crippen MR) is 156 cm³/mol. The van der Waals surface area contributed by atoms with Gasteiger partial charge in [0, 0.05) is 6.42 Å². The van der Waals surface area contributed by atoms with Gasteiger partial charge >= 0.3 is 13.4 Å². The Bertz CT molecular complexity index is 1880. The minimum absolute atomic E-state index is 0.00200. The van der Waals surface area contributed by atoms with E-state index in [0.29, 0.717) is 33.7 Å². The van der Waals surface area contributed by atoms with E-state index < -0.39 is 55.9 Å². The number of aryl methyl sites for hydroxylation is 2. The molecule has 234 valence electrons. The normalized spacial score (nSPS) is 39.3. The van der Waals surface area contributed by atoms with Crippen molar-refractivity contribution in [3.63, 3.8) is 0 Å². The molecule has 44 heavy (non-hydrogen) atoms. The second kappa shape index (κ2) is 10.5. The van der Waals surface area contributed by atoms with Crippen LogP contribution in [-0.4, -0.2) is 98.7 Å². The molecule has 0 aromatic carbocycles.